The van der Waals surface area contributed by atoms with Crippen molar-refractivity contribution in [2.24, 2.45) is 17.3 Å². The van der Waals surface area contributed by atoms with Crippen molar-refractivity contribution in [3.8, 4) is 0 Å². The summed E-state index contributed by atoms with van der Waals surface area (Å²) in [5.41, 5.74) is 0.544. The Morgan fingerprint density at radius 2 is 1.73 bits per heavy atom. The number of carbonyl (C=O) groups is 1. The minimum Gasteiger partial charge on any atom is -0.481 e. The largest absolute Gasteiger partial charge is 0.481 e. The lowest BCUT2D eigenvalue weighted by Crippen LogP contribution is -2.56. The summed E-state index contributed by atoms with van der Waals surface area (Å²) in [6, 6.07) is 6.81. The average molecular weight is 301 g/mol. The number of nitro groups is 1. The summed E-state index contributed by atoms with van der Waals surface area (Å²) in [4.78, 5) is 22.3. The van der Waals surface area contributed by atoms with Crippen LogP contribution >= 0.6 is 0 Å². The Morgan fingerprint density at radius 3 is 2.23 bits per heavy atom. The SMILES string of the molecule is O=C(O)C12C[C@@H]3C[C@@H](C1)CC(c1ccc([N+](=O)[O-])cc1)(C3)C2. The van der Waals surface area contributed by atoms with Crippen molar-refractivity contribution in [2.75, 3.05) is 0 Å². The number of hydrogen-bond donors (Lipinski definition) is 1. The molecular formula is C17H19NO4. The third kappa shape index (κ3) is 1.81. The topological polar surface area (TPSA) is 80.4 Å². The second-order valence-corrected chi connectivity index (χ2v) is 7.63. The fourth-order valence-corrected chi connectivity index (χ4v) is 5.79. The van der Waals surface area contributed by atoms with Crippen molar-refractivity contribution in [1.82, 2.24) is 0 Å². The van der Waals surface area contributed by atoms with Crippen molar-refractivity contribution in [3.05, 3.63) is 39.9 Å². The standard InChI is InChI=1S/C17H19NO4/c19-15(20)17-8-11-5-12(9-17)7-16(6-11,10-17)13-1-3-14(4-2-13)18(21)22/h1-4,11-12H,5-10H2,(H,19,20)/t11-,12-,16?,17?/m1/s1. The molecule has 4 fully saturated rings. The normalized spacial score (nSPS) is 38.9. The van der Waals surface area contributed by atoms with Gasteiger partial charge in [-0.1, -0.05) is 12.1 Å². The molecule has 5 rings (SSSR count). The van der Waals surface area contributed by atoms with E-state index in [1.807, 2.05) is 12.1 Å². The van der Waals surface area contributed by atoms with Crippen LogP contribution in [0.3, 0.4) is 0 Å². The van der Waals surface area contributed by atoms with Gasteiger partial charge >= 0.3 is 5.97 Å². The number of hydrogen-bond acceptors (Lipinski definition) is 3. The molecule has 0 aliphatic heterocycles. The molecule has 4 bridgehead atoms. The van der Waals surface area contributed by atoms with E-state index in [1.165, 1.54) is 0 Å². The molecule has 1 aromatic rings. The zero-order valence-corrected chi connectivity index (χ0v) is 12.3. The number of rotatable bonds is 3. The first-order valence-electron chi connectivity index (χ1n) is 7.91. The summed E-state index contributed by atoms with van der Waals surface area (Å²) in [5, 5.41) is 20.6. The van der Waals surface area contributed by atoms with Crippen LogP contribution < -0.4 is 0 Å². The molecule has 4 aliphatic carbocycles. The van der Waals surface area contributed by atoms with Crippen LogP contribution in [0.1, 0.15) is 44.1 Å². The molecule has 22 heavy (non-hydrogen) atoms. The van der Waals surface area contributed by atoms with Crippen LogP contribution in [-0.2, 0) is 10.2 Å². The molecule has 4 aliphatic rings. The second kappa shape index (κ2) is 4.31. The van der Waals surface area contributed by atoms with Crippen LogP contribution in [0.2, 0.25) is 0 Å². The van der Waals surface area contributed by atoms with Crippen molar-refractivity contribution < 1.29 is 14.8 Å². The van der Waals surface area contributed by atoms with Gasteiger partial charge in [-0.2, -0.15) is 0 Å². The molecule has 0 saturated heterocycles. The van der Waals surface area contributed by atoms with Gasteiger partial charge in [-0.3, -0.25) is 14.9 Å². The Kier molecular flexibility index (Phi) is 2.69. The highest BCUT2D eigenvalue weighted by Gasteiger charge is 2.61. The van der Waals surface area contributed by atoms with E-state index in [9.17, 15) is 20.0 Å². The van der Waals surface area contributed by atoms with Gasteiger partial charge in [0.2, 0.25) is 0 Å². The van der Waals surface area contributed by atoms with Crippen LogP contribution in [0.15, 0.2) is 24.3 Å². The summed E-state index contributed by atoms with van der Waals surface area (Å²) in [7, 11) is 0. The van der Waals surface area contributed by atoms with Gasteiger partial charge in [-0.05, 0) is 61.3 Å². The predicted octanol–water partition coefficient (Wildman–Crippen LogP) is 3.52. The maximum atomic E-state index is 11.9. The molecule has 1 aromatic carbocycles. The summed E-state index contributed by atoms with van der Waals surface area (Å²) >= 11 is 0. The minimum absolute atomic E-state index is 0.0857. The fraction of sp³-hybridized carbons (Fsp3) is 0.588. The van der Waals surface area contributed by atoms with E-state index in [0.717, 1.165) is 37.7 Å². The third-order valence-corrected chi connectivity index (χ3v) is 6.21. The summed E-state index contributed by atoms with van der Waals surface area (Å²) in [6.45, 7) is 0. The molecule has 0 spiro atoms. The number of nitro benzene ring substituents is 1. The lowest BCUT2D eigenvalue weighted by molar-refractivity contribution is -0.384. The van der Waals surface area contributed by atoms with E-state index in [2.05, 4.69) is 0 Å². The average Bonchev–Trinajstić information content (AvgIpc) is 2.46. The van der Waals surface area contributed by atoms with Crippen LogP contribution in [-0.4, -0.2) is 16.0 Å². The van der Waals surface area contributed by atoms with Crippen molar-refractivity contribution in [2.45, 2.75) is 43.9 Å². The van der Waals surface area contributed by atoms with Gasteiger partial charge in [0, 0.05) is 12.1 Å². The van der Waals surface area contributed by atoms with Crippen molar-refractivity contribution >= 4 is 11.7 Å². The Hall–Kier alpha value is -1.91. The molecule has 0 unspecified atom stereocenters. The highest BCUT2D eigenvalue weighted by molar-refractivity contribution is 5.76. The lowest BCUT2D eigenvalue weighted by atomic mass is 9.43. The van der Waals surface area contributed by atoms with E-state index in [1.54, 1.807) is 12.1 Å². The van der Waals surface area contributed by atoms with Crippen LogP contribution in [0, 0.1) is 27.4 Å². The van der Waals surface area contributed by atoms with Crippen molar-refractivity contribution in [3.63, 3.8) is 0 Å². The van der Waals surface area contributed by atoms with Crippen molar-refractivity contribution in [1.29, 1.82) is 0 Å². The first kappa shape index (κ1) is 13.7. The Bertz CT molecular complexity index is 637. The maximum Gasteiger partial charge on any atom is 0.309 e. The van der Waals surface area contributed by atoms with E-state index >= 15 is 0 Å². The van der Waals surface area contributed by atoms with E-state index in [-0.39, 0.29) is 16.0 Å². The second-order valence-electron chi connectivity index (χ2n) is 7.63. The minimum atomic E-state index is -0.645. The molecule has 0 heterocycles. The molecule has 116 valence electrons. The lowest BCUT2D eigenvalue weighted by Gasteiger charge is -2.60. The molecule has 1 N–H and O–H groups in total. The zero-order valence-electron chi connectivity index (χ0n) is 12.3. The molecular weight excluding hydrogens is 282 g/mol. The first-order valence-corrected chi connectivity index (χ1v) is 7.91. The number of non-ortho nitro benzene ring substituents is 1. The Balaban J connectivity index is 1.74. The monoisotopic (exact) mass is 301 g/mol. The van der Waals surface area contributed by atoms with Gasteiger partial charge in [-0.15, -0.1) is 0 Å². The highest BCUT2D eigenvalue weighted by atomic mass is 16.6. The predicted molar refractivity (Wildman–Crippen MR) is 79.5 cm³/mol. The molecule has 0 aromatic heterocycles. The zero-order chi connectivity index (χ0) is 15.5. The smallest absolute Gasteiger partial charge is 0.309 e. The first-order chi connectivity index (χ1) is 10.4. The number of carboxylic acid groups (broad SMARTS) is 1. The fourth-order valence-electron chi connectivity index (χ4n) is 5.79. The van der Waals surface area contributed by atoms with Gasteiger partial charge in [0.05, 0.1) is 10.3 Å². The van der Waals surface area contributed by atoms with E-state index < -0.39 is 11.4 Å². The van der Waals surface area contributed by atoms with Crippen LogP contribution in [0.25, 0.3) is 0 Å². The van der Waals surface area contributed by atoms with Gasteiger partial charge in [-0.25, -0.2) is 0 Å². The van der Waals surface area contributed by atoms with Gasteiger partial charge in [0.15, 0.2) is 0 Å². The highest BCUT2D eigenvalue weighted by Crippen LogP contribution is 2.65. The van der Waals surface area contributed by atoms with Crippen LogP contribution in [0.5, 0.6) is 0 Å². The molecule has 5 nitrogen and oxygen atoms in total. The number of carboxylic acids is 1. The summed E-state index contributed by atoms with van der Waals surface area (Å²) < 4.78 is 0. The van der Waals surface area contributed by atoms with Gasteiger partial charge in [0.1, 0.15) is 0 Å². The number of nitrogens with zero attached hydrogens (tertiary/aromatic N) is 1. The van der Waals surface area contributed by atoms with E-state index in [4.69, 9.17) is 0 Å². The quantitative estimate of drug-likeness (QED) is 0.684. The van der Waals surface area contributed by atoms with Crippen LogP contribution in [0.4, 0.5) is 5.69 Å². The molecule has 0 amide bonds. The van der Waals surface area contributed by atoms with Gasteiger partial charge < -0.3 is 5.11 Å². The Labute approximate surface area is 128 Å². The molecule has 4 saturated carbocycles. The Morgan fingerprint density at radius 1 is 1.14 bits per heavy atom. The molecule has 0 radical (unpaired) electrons. The third-order valence-electron chi connectivity index (χ3n) is 6.21. The van der Waals surface area contributed by atoms with Gasteiger partial charge in [0.25, 0.3) is 5.69 Å². The van der Waals surface area contributed by atoms with E-state index in [0.29, 0.717) is 18.3 Å². The number of aliphatic carboxylic acids is 1. The number of benzene rings is 1. The molecule has 5 heteroatoms. The molecule has 2 atom stereocenters. The summed E-state index contributed by atoms with van der Waals surface area (Å²) in [5.74, 6) is 0.341. The maximum absolute atomic E-state index is 11.9. The summed E-state index contributed by atoms with van der Waals surface area (Å²) in [6.07, 6.45) is 5.55.